The lowest BCUT2D eigenvalue weighted by atomic mass is 10.3. The number of amides is 1. The highest BCUT2D eigenvalue weighted by atomic mass is 35.5. The summed E-state index contributed by atoms with van der Waals surface area (Å²) in [7, 11) is 0. The van der Waals surface area contributed by atoms with Gasteiger partial charge in [0, 0.05) is 12.6 Å². The van der Waals surface area contributed by atoms with Crippen LogP contribution < -0.4 is 22.5 Å². The average Bonchev–Trinajstić information content (AvgIpc) is 2.20. The van der Waals surface area contributed by atoms with Crippen molar-refractivity contribution in [3.63, 3.8) is 0 Å². The molecule has 1 aromatic rings. The maximum Gasteiger partial charge on any atom is 0.273 e. The molecule has 1 amide bonds. The first-order chi connectivity index (χ1) is 7.41. The zero-order valence-electron chi connectivity index (χ0n) is 8.70. The van der Waals surface area contributed by atoms with Crippen molar-refractivity contribution in [2.75, 3.05) is 18.0 Å². The van der Waals surface area contributed by atoms with E-state index >= 15 is 0 Å². The van der Waals surface area contributed by atoms with E-state index in [4.69, 9.17) is 28.8 Å². The van der Waals surface area contributed by atoms with Gasteiger partial charge in [0.05, 0.1) is 0 Å². The van der Waals surface area contributed by atoms with Crippen LogP contribution in [0.15, 0.2) is 0 Å². The quantitative estimate of drug-likeness (QED) is 0.560. The Morgan fingerprint density at radius 2 is 2.06 bits per heavy atom. The van der Waals surface area contributed by atoms with Gasteiger partial charge in [-0.3, -0.25) is 4.79 Å². The predicted molar refractivity (Wildman–Crippen MR) is 61.8 cm³/mol. The van der Waals surface area contributed by atoms with Crippen LogP contribution in [0.2, 0.25) is 5.15 Å². The molecule has 7 N–H and O–H groups in total. The fraction of sp³-hybridized carbons (Fsp3) is 0.375. The van der Waals surface area contributed by atoms with Crippen molar-refractivity contribution in [1.29, 1.82) is 0 Å². The highest BCUT2D eigenvalue weighted by molar-refractivity contribution is 6.31. The average molecular weight is 245 g/mol. The Kier molecular flexibility index (Phi) is 3.86. The number of hydrogen-bond donors (Lipinski definition) is 4. The third-order valence-electron chi connectivity index (χ3n) is 1.70. The normalized spacial score (nSPS) is 12.2. The number of aromatic nitrogens is 2. The third-order valence-corrected chi connectivity index (χ3v) is 1.98. The van der Waals surface area contributed by atoms with Gasteiger partial charge in [-0.05, 0) is 6.92 Å². The van der Waals surface area contributed by atoms with E-state index < -0.39 is 5.91 Å². The van der Waals surface area contributed by atoms with Gasteiger partial charge in [-0.25, -0.2) is 9.97 Å². The first kappa shape index (κ1) is 12.5. The van der Waals surface area contributed by atoms with E-state index in [9.17, 15) is 4.79 Å². The topological polar surface area (TPSA) is 133 Å². The molecule has 0 aliphatic rings. The molecule has 1 heterocycles. The molecule has 1 unspecified atom stereocenters. The number of rotatable bonds is 3. The molecule has 7 nitrogen and oxygen atoms in total. The van der Waals surface area contributed by atoms with Crippen molar-refractivity contribution < 1.29 is 4.79 Å². The Bertz CT molecular complexity index is 408. The van der Waals surface area contributed by atoms with Crippen molar-refractivity contribution in [2.24, 2.45) is 5.73 Å². The number of nitrogen functional groups attached to an aromatic ring is 2. The molecule has 0 bridgehead atoms. The molecule has 0 fully saturated rings. The van der Waals surface area contributed by atoms with Crippen molar-refractivity contribution in [1.82, 2.24) is 15.3 Å². The van der Waals surface area contributed by atoms with Crippen molar-refractivity contribution >= 4 is 29.1 Å². The molecule has 0 saturated heterocycles. The Hall–Kier alpha value is -1.60. The van der Waals surface area contributed by atoms with Crippen LogP contribution in [0.1, 0.15) is 17.4 Å². The summed E-state index contributed by atoms with van der Waals surface area (Å²) in [5.74, 6) is -0.559. The molecular weight excluding hydrogens is 232 g/mol. The van der Waals surface area contributed by atoms with Crippen LogP contribution >= 0.6 is 11.6 Å². The van der Waals surface area contributed by atoms with Crippen LogP contribution in [0.5, 0.6) is 0 Å². The minimum absolute atomic E-state index is 0.0112. The van der Waals surface area contributed by atoms with Crippen LogP contribution in [0.3, 0.4) is 0 Å². The summed E-state index contributed by atoms with van der Waals surface area (Å²) in [6.07, 6.45) is 0. The van der Waals surface area contributed by atoms with E-state index in [1.54, 1.807) is 6.92 Å². The fourth-order valence-corrected chi connectivity index (χ4v) is 1.07. The lowest BCUT2D eigenvalue weighted by molar-refractivity contribution is 0.0947. The van der Waals surface area contributed by atoms with Crippen LogP contribution in [-0.4, -0.2) is 28.5 Å². The van der Waals surface area contributed by atoms with E-state index in [-0.39, 0.29) is 28.5 Å². The number of nitrogens with one attached hydrogen (secondary N) is 1. The Labute approximate surface area is 97.4 Å². The first-order valence-electron chi connectivity index (χ1n) is 4.54. The largest absolute Gasteiger partial charge is 0.382 e. The number of nitrogens with zero attached hydrogens (tertiary/aromatic N) is 2. The van der Waals surface area contributed by atoms with Crippen LogP contribution in [-0.2, 0) is 0 Å². The van der Waals surface area contributed by atoms with Crippen LogP contribution in [0, 0.1) is 0 Å². The van der Waals surface area contributed by atoms with Crippen LogP contribution in [0.25, 0.3) is 0 Å². The smallest absolute Gasteiger partial charge is 0.273 e. The number of halogens is 1. The predicted octanol–water partition coefficient (Wildman–Crippen LogP) is -0.629. The number of anilines is 2. The second kappa shape index (κ2) is 4.95. The van der Waals surface area contributed by atoms with E-state index in [1.807, 2.05) is 0 Å². The number of nitrogens with two attached hydrogens (primary N) is 3. The monoisotopic (exact) mass is 244 g/mol. The summed E-state index contributed by atoms with van der Waals surface area (Å²) in [6, 6.07) is -0.164. The van der Waals surface area contributed by atoms with Gasteiger partial charge in [-0.2, -0.15) is 0 Å². The molecule has 0 radical (unpaired) electrons. The molecule has 16 heavy (non-hydrogen) atoms. The molecule has 1 atom stereocenters. The molecule has 0 aliphatic carbocycles. The molecule has 0 aliphatic heterocycles. The maximum absolute atomic E-state index is 11.6. The first-order valence-corrected chi connectivity index (χ1v) is 4.92. The fourth-order valence-electron chi connectivity index (χ4n) is 0.946. The minimum atomic E-state index is -0.482. The second-order valence-corrected chi connectivity index (χ2v) is 3.68. The third kappa shape index (κ3) is 2.94. The molecule has 1 aromatic heterocycles. The standard InChI is InChI=1S/C8H13ClN6O/c1-3(10)2-13-8(16)4-6(11)15-7(12)5(9)14-4/h3H,2,10H2,1H3,(H,13,16)(H4,11,12,15). The van der Waals surface area contributed by atoms with E-state index in [1.165, 1.54) is 0 Å². The number of hydrogen-bond acceptors (Lipinski definition) is 6. The lowest BCUT2D eigenvalue weighted by Gasteiger charge is -2.09. The van der Waals surface area contributed by atoms with E-state index in [2.05, 4.69) is 15.3 Å². The summed E-state index contributed by atoms with van der Waals surface area (Å²) >= 11 is 5.63. The van der Waals surface area contributed by atoms with Gasteiger partial charge in [-0.15, -0.1) is 0 Å². The van der Waals surface area contributed by atoms with Crippen molar-refractivity contribution in [3.05, 3.63) is 10.8 Å². The molecule has 0 aromatic carbocycles. The summed E-state index contributed by atoms with van der Waals surface area (Å²) < 4.78 is 0. The summed E-state index contributed by atoms with van der Waals surface area (Å²) in [4.78, 5) is 19.0. The highest BCUT2D eigenvalue weighted by Crippen LogP contribution is 2.16. The van der Waals surface area contributed by atoms with Gasteiger partial charge in [0.15, 0.2) is 22.5 Å². The van der Waals surface area contributed by atoms with E-state index in [0.717, 1.165) is 0 Å². The SMILES string of the molecule is CC(N)CNC(=O)c1nc(Cl)c(N)nc1N. The minimum Gasteiger partial charge on any atom is -0.382 e. The number of carbonyl (C=O) groups is 1. The molecular formula is C8H13ClN6O. The molecule has 8 heteroatoms. The lowest BCUT2D eigenvalue weighted by Crippen LogP contribution is -2.36. The zero-order chi connectivity index (χ0) is 12.3. The Morgan fingerprint density at radius 3 is 2.62 bits per heavy atom. The summed E-state index contributed by atoms with van der Waals surface area (Å²) in [6.45, 7) is 2.06. The van der Waals surface area contributed by atoms with Gasteiger partial charge in [0.2, 0.25) is 0 Å². The highest BCUT2D eigenvalue weighted by Gasteiger charge is 2.15. The van der Waals surface area contributed by atoms with Crippen molar-refractivity contribution in [2.45, 2.75) is 13.0 Å². The summed E-state index contributed by atoms with van der Waals surface area (Å²) in [5, 5.41) is 2.48. The molecule has 88 valence electrons. The summed E-state index contributed by atoms with van der Waals surface area (Å²) in [5.41, 5.74) is 16.3. The van der Waals surface area contributed by atoms with Gasteiger partial charge in [0.25, 0.3) is 5.91 Å². The number of carbonyl (C=O) groups excluding carboxylic acids is 1. The Balaban J connectivity index is 2.87. The Morgan fingerprint density at radius 1 is 1.44 bits per heavy atom. The van der Waals surface area contributed by atoms with Gasteiger partial charge in [0.1, 0.15) is 0 Å². The molecule has 0 spiro atoms. The molecule has 1 rings (SSSR count). The molecule has 0 saturated carbocycles. The zero-order valence-corrected chi connectivity index (χ0v) is 9.45. The second-order valence-electron chi connectivity index (χ2n) is 3.32. The van der Waals surface area contributed by atoms with E-state index in [0.29, 0.717) is 6.54 Å². The van der Waals surface area contributed by atoms with Gasteiger partial charge in [-0.1, -0.05) is 11.6 Å². The van der Waals surface area contributed by atoms with Crippen LogP contribution in [0.4, 0.5) is 11.6 Å². The van der Waals surface area contributed by atoms with Gasteiger partial charge < -0.3 is 22.5 Å². The maximum atomic E-state index is 11.6. The van der Waals surface area contributed by atoms with Gasteiger partial charge >= 0.3 is 0 Å². The van der Waals surface area contributed by atoms with Crippen molar-refractivity contribution in [3.8, 4) is 0 Å².